The van der Waals surface area contributed by atoms with Gasteiger partial charge in [0.15, 0.2) is 11.6 Å². The monoisotopic (exact) mass is 805 g/mol. The second-order valence-corrected chi connectivity index (χ2v) is 18.9. The van der Waals surface area contributed by atoms with Crippen LogP contribution in [0.25, 0.3) is 0 Å². The molecular weight excluding hydrogens is 729 g/mol. The number of hydrogen-bond acceptors (Lipinski definition) is 8. The molecule has 4 rings (SSSR count). The Morgan fingerprint density at radius 3 is 1.22 bits per heavy atom. The van der Waals surface area contributed by atoms with Crippen molar-refractivity contribution in [2.24, 2.45) is 10.8 Å². The molecule has 6 atom stereocenters. The molecule has 0 N–H and O–H groups in total. The van der Waals surface area contributed by atoms with Gasteiger partial charge in [-0.3, -0.25) is 0 Å². The third kappa shape index (κ3) is 10.4. The summed E-state index contributed by atoms with van der Waals surface area (Å²) in [6, 6.07) is 0. The predicted molar refractivity (Wildman–Crippen MR) is 235 cm³/mol. The van der Waals surface area contributed by atoms with Crippen LogP contribution in [0.1, 0.15) is 123 Å². The van der Waals surface area contributed by atoms with Crippen molar-refractivity contribution in [1.29, 1.82) is 0 Å². The molecule has 58 heavy (non-hydrogen) atoms. The maximum absolute atomic E-state index is 6.43. The van der Waals surface area contributed by atoms with Gasteiger partial charge in [-0.15, -0.1) is 0 Å². The molecule has 2 saturated heterocycles. The Balaban J connectivity index is 1.37. The average Bonchev–Trinajstić information content (AvgIpc) is 3.56. The highest BCUT2D eigenvalue weighted by molar-refractivity contribution is 5.37. The zero-order chi connectivity index (χ0) is 43.5. The molecule has 2 fully saturated rings. The third-order valence-corrected chi connectivity index (χ3v) is 12.7. The molecule has 0 radical (unpaired) electrons. The highest BCUT2D eigenvalue weighted by atomic mass is 16.8. The molecule has 0 bridgehead atoms. The molecule has 0 spiro atoms. The number of ether oxygens (including phenoxy) is 8. The van der Waals surface area contributed by atoms with Crippen molar-refractivity contribution < 1.29 is 37.9 Å². The van der Waals surface area contributed by atoms with Gasteiger partial charge in [-0.25, -0.2) is 0 Å². The van der Waals surface area contributed by atoms with Crippen molar-refractivity contribution in [1.82, 2.24) is 0 Å². The molecule has 0 aromatic heterocycles. The number of fused-ring (bicyclic) bond motifs is 2. The lowest BCUT2D eigenvalue weighted by Crippen LogP contribution is -2.50. The van der Waals surface area contributed by atoms with Crippen LogP contribution in [0.5, 0.6) is 0 Å². The lowest BCUT2D eigenvalue weighted by Gasteiger charge is -2.45. The standard InChI is InChI=1S/C50H76O8/c1-33(25-21-27-35(3)41(51-15)29-39-37(5)49(53-17)43(31-45(39,7)8)55-47(11,12)57-49)23-19-20-24-34(2)26-22-28-36(4)42(52-16)30-40-38(6)50(54-18)44(32-46(40,9)10)56-48(13,14)58-50/h19-28,41-44H,29-32H2,1-18H3/b20-19+,25-21+,26-22+,33-23+,34-24+,35-27+,36-28+. The van der Waals surface area contributed by atoms with E-state index in [2.05, 4.69) is 130 Å². The van der Waals surface area contributed by atoms with Crippen molar-refractivity contribution in [3.8, 4) is 0 Å². The molecule has 324 valence electrons. The second kappa shape index (κ2) is 18.5. The van der Waals surface area contributed by atoms with E-state index >= 15 is 0 Å². The second-order valence-electron chi connectivity index (χ2n) is 18.9. The van der Waals surface area contributed by atoms with E-state index in [4.69, 9.17) is 37.9 Å². The normalized spacial score (nSPS) is 31.2. The first-order chi connectivity index (χ1) is 26.9. The van der Waals surface area contributed by atoms with Gasteiger partial charge in [-0.1, -0.05) is 111 Å². The Morgan fingerprint density at radius 1 is 0.569 bits per heavy atom. The van der Waals surface area contributed by atoms with Crippen LogP contribution in [0.3, 0.4) is 0 Å². The Morgan fingerprint density at radius 2 is 0.914 bits per heavy atom. The highest BCUT2D eigenvalue weighted by Crippen LogP contribution is 2.56. The molecule has 6 unspecified atom stereocenters. The van der Waals surface area contributed by atoms with Gasteiger partial charge in [-0.2, -0.15) is 0 Å². The molecule has 4 aliphatic rings. The summed E-state index contributed by atoms with van der Waals surface area (Å²) in [5.41, 5.74) is 9.20. The van der Waals surface area contributed by atoms with E-state index in [1.165, 1.54) is 11.1 Å². The van der Waals surface area contributed by atoms with Gasteiger partial charge in [0.1, 0.15) is 12.2 Å². The van der Waals surface area contributed by atoms with E-state index in [1.807, 2.05) is 27.7 Å². The van der Waals surface area contributed by atoms with Crippen LogP contribution in [0.4, 0.5) is 0 Å². The van der Waals surface area contributed by atoms with Crippen LogP contribution in [0.2, 0.25) is 0 Å². The molecule has 2 aliphatic carbocycles. The molecule has 0 amide bonds. The van der Waals surface area contributed by atoms with Crippen molar-refractivity contribution in [2.45, 2.75) is 170 Å². The van der Waals surface area contributed by atoms with Gasteiger partial charge in [-0.05, 0) is 128 Å². The summed E-state index contributed by atoms with van der Waals surface area (Å²) < 4.78 is 49.7. The summed E-state index contributed by atoms with van der Waals surface area (Å²) >= 11 is 0. The van der Waals surface area contributed by atoms with E-state index in [0.29, 0.717) is 0 Å². The maximum Gasteiger partial charge on any atom is 0.220 e. The Labute approximate surface area is 351 Å². The quantitative estimate of drug-likeness (QED) is 0.113. The Hall–Kier alpha value is -2.66. The zero-order valence-corrected chi connectivity index (χ0v) is 39.2. The predicted octanol–water partition coefficient (Wildman–Crippen LogP) is 11.7. The van der Waals surface area contributed by atoms with Crippen LogP contribution in [0.15, 0.2) is 105 Å². The summed E-state index contributed by atoms with van der Waals surface area (Å²) in [7, 11) is 6.99. The van der Waals surface area contributed by atoms with Gasteiger partial charge in [0.25, 0.3) is 0 Å². The minimum absolute atomic E-state index is 0.0775. The number of allylic oxidation sites excluding steroid dienone is 12. The lowest BCUT2D eigenvalue weighted by atomic mass is 9.67. The van der Waals surface area contributed by atoms with Crippen molar-refractivity contribution in [3.63, 3.8) is 0 Å². The van der Waals surface area contributed by atoms with Crippen LogP contribution in [-0.4, -0.2) is 76.0 Å². The topological polar surface area (TPSA) is 73.8 Å². The molecule has 8 heteroatoms. The van der Waals surface area contributed by atoms with E-state index in [1.54, 1.807) is 28.4 Å². The lowest BCUT2D eigenvalue weighted by molar-refractivity contribution is -0.228. The first kappa shape index (κ1) is 48.0. The maximum atomic E-state index is 6.43. The minimum Gasteiger partial charge on any atom is -0.377 e. The summed E-state index contributed by atoms with van der Waals surface area (Å²) in [4.78, 5) is 0. The van der Waals surface area contributed by atoms with E-state index in [0.717, 1.165) is 59.1 Å². The van der Waals surface area contributed by atoms with E-state index in [-0.39, 0.29) is 35.2 Å². The van der Waals surface area contributed by atoms with Crippen molar-refractivity contribution in [3.05, 3.63) is 105 Å². The SMILES string of the molecule is COC(CC1=C(C)C2(OC)OC(C)(C)OC2CC1(C)C)/C(C)=C/C=C/C(C)=C/C=C/C=C(C)/C=C/C=C(\C)C(CC1=C(C)C2(OC)OC(C)(C)OC2CC1(C)C)OC. The fourth-order valence-corrected chi connectivity index (χ4v) is 9.53. The third-order valence-electron chi connectivity index (χ3n) is 12.7. The van der Waals surface area contributed by atoms with Crippen LogP contribution in [0, 0.1) is 10.8 Å². The fraction of sp³-hybridized carbons (Fsp3) is 0.640. The molecule has 0 aromatic rings. The van der Waals surface area contributed by atoms with Gasteiger partial charge in [0, 0.05) is 28.4 Å². The van der Waals surface area contributed by atoms with Gasteiger partial charge >= 0.3 is 0 Å². The van der Waals surface area contributed by atoms with Crippen molar-refractivity contribution in [2.75, 3.05) is 28.4 Å². The van der Waals surface area contributed by atoms with E-state index < -0.39 is 23.1 Å². The smallest absolute Gasteiger partial charge is 0.220 e. The molecule has 0 saturated carbocycles. The number of hydrogen-bond donors (Lipinski definition) is 0. The zero-order valence-electron chi connectivity index (χ0n) is 39.2. The van der Waals surface area contributed by atoms with Crippen LogP contribution in [-0.2, 0) is 37.9 Å². The fourth-order valence-electron chi connectivity index (χ4n) is 9.53. The molecule has 2 heterocycles. The summed E-state index contributed by atoms with van der Waals surface area (Å²) in [5.74, 6) is -3.17. The van der Waals surface area contributed by atoms with Crippen LogP contribution >= 0.6 is 0 Å². The van der Waals surface area contributed by atoms with Crippen molar-refractivity contribution >= 4 is 0 Å². The first-order valence-corrected chi connectivity index (χ1v) is 21.0. The van der Waals surface area contributed by atoms with Gasteiger partial charge < -0.3 is 37.9 Å². The number of rotatable bonds is 16. The molecule has 0 aromatic carbocycles. The molecule has 2 aliphatic heterocycles. The largest absolute Gasteiger partial charge is 0.377 e. The van der Waals surface area contributed by atoms with Gasteiger partial charge in [0.05, 0.1) is 12.2 Å². The first-order valence-electron chi connectivity index (χ1n) is 21.0. The van der Waals surface area contributed by atoms with Gasteiger partial charge in [0.2, 0.25) is 11.6 Å². The molecular formula is C50H76O8. The molecule has 8 nitrogen and oxygen atoms in total. The summed E-state index contributed by atoms with van der Waals surface area (Å²) in [6.45, 7) is 29.7. The summed E-state index contributed by atoms with van der Waals surface area (Å²) in [5, 5.41) is 0. The Bertz CT molecular complexity index is 1650. The highest BCUT2D eigenvalue weighted by Gasteiger charge is 2.61. The van der Waals surface area contributed by atoms with E-state index in [9.17, 15) is 0 Å². The summed E-state index contributed by atoms with van der Waals surface area (Å²) in [6.07, 6.45) is 23.7. The average molecular weight is 805 g/mol. The number of methoxy groups -OCH3 is 4. The minimum atomic E-state index is -0.877. The Kier molecular flexibility index (Phi) is 15.3. The van der Waals surface area contributed by atoms with Crippen LogP contribution < -0.4 is 0 Å².